The molecule has 2 amide bonds. The van der Waals surface area contributed by atoms with E-state index in [1.54, 1.807) is 36.4 Å². The molecule has 30 heavy (non-hydrogen) atoms. The van der Waals surface area contributed by atoms with Gasteiger partial charge in [0.1, 0.15) is 17.2 Å². The molecule has 7 nitrogen and oxygen atoms in total. The van der Waals surface area contributed by atoms with Crippen molar-refractivity contribution in [2.45, 2.75) is 19.6 Å². The van der Waals surface area contributed by atoms with Crippen molar-refractivity contribution in [2.75, 3.05) is 25.7 Å². The average Bonchev–Trinajstić information content (AvgIpc) is 3.13. The summed E-state index contributed by atoms with van der Waals surface area (Å²) in [5.41, 5.74) is 0.939. The van der Waals surface area contributed by atoms with Gasteiger partial charge in [-0.3, -0.25) is 9.59 Å². The number of amides is 2. The number of carbonyl (C=O) groups excluding carboxylic acids is 2. The van der Waals surface area contributed by atoms with Crippen molar-refractivity contribution in [1.29, 1.82) is 0 Å². The van der Waals surface area contributed by atoms with Gasteiger partial charge in [-0.05, 0) is 18.2 Å². The Labute approximate surface area is 172 Å². The summed E-state index contributed by atoms with van der Waals surface area (Å²) in [6, 6.07) is 11.3. The summed E-state index contributed by atoms with van der Waals surface area (Å²) in [6.07, 6.45) is 0.0291. The first-order chi connectivity index (χ1) is 14.4. The van der Waals surface area contributed by atoms with E-state index in [1.165, 1.54) is 25.2 Å². The topological polar surface area (TPSA) is 77.1 Å². The number of nitrogens with one attached hydrogen (secondary N) is 1. The van der Waals surface area contributed by atoms with E-state index in [9.17, 15) is 18.4 Å². The number of methoxy groups -OCH3 is 2. The molecular formula is C21H22F2N2O5. The molecule has 1 aliphatic heterocycles. The number of carbonyl (C=O) groups is 2. The number of rotatable bonds is 8. The number of hydrogen-bond donors (Lipinski definition) is 1. The highest BCUT2D eigenvalue weighted by Crippen LogP contribution is 2.36. The van der Waals surface area contributed by atoms with Gasteiger partial charge in [0.25, 0.3) is 0 Å². The Kier molecular flexibility index (Phi) is 6.71. The Morgan fingerprint density at radius 2 is 1.93 bits per heavy atom. The zero-order chi connectivity index (χ0) is 21.7. The zero-order valence-corrected chi connectivity index (χ0v) is 16.6. The van der Waals surface area contributed by atoms with Gasteiger partial charge in [-0.2, -0.15) is 8.78 Å². The van der Waals surface area contributed by atoms with Crippen LogP contribution in [0.5, 0.6) is 17.2 Å². The minimum Gasteiger partial charge on any atom is -0.497 e. The van der Waals surface area contributed by atoms with E-state index < -0.39 is 12.5 Å². The third kappa shape index (κ3) is 4.79. The first-order valence-corrected chi connectivity index (χ1v) is 9.25. The molecule has 1 fully saturated rings. The SMILES string of the molecule is COc1ccc(OC)c(N2CC(C(=O)NCc3ccccc3OC(F)F)CC2=O)c1. The summed E-state index contributed by atoms with van der Waals surface area (Å²) in [4.78, 5) is 26.7. The molecule has 1 heterocycles. The maximum Gasteiger partial charge on any atom is 0.387 e. The maximum atomic E-state index is 12.6. The molecule has 1 unspecified atom stereocenters. The van der Waals surface area contributed by atoms with E-state index >= 15 is 0 Å². The van der Waals surface area contributed by atoms with Crippen LogP contribution in [-0.4, -0.2) is 39.2 Å². The van der Waals surface area contributed by atoms with Gasteiger partial charge in [0.2, 0.25) is 11.8 Å². The third-order valence-electron chi connectivity index (χ3n) is 4.81. The molecule has 0 radical (unpaired) electrons. The lowest BCUT2D eigenvalue weighted by molar-refractivity contribution is -0.126. The largest absolute Gasteiger partial charge is 0.497 e. The number of benzene rings is 2. The lowest BCUT2D eigenvalue weighted by atomic mass is 10.1. The van der Waals surface area contributed by atoms with Crippen LogP contribution in [0.3, 0.4) is 0 Å². The van der Waals surface area contributed by atoms with Crippen molar-refractivity contribution in [3.8, 4) is 17.2 Å². The Balaban J connectivity index is 1.68. The lowest BCUT2D eigenvalue weighted by Gasteiger charge is -2.20. The molecule has 9 heteroatoms. The van der Waals surface area contributed by atoms with Gasteiger partial charge in [-0.1, -0.05) is 18.2 Å². The van der Waals surface area contributed by atoms with Gasteiger partial charge < -0.3 is 24.4 Å². The van der Waals surface area contributed by atoms with Gasteiger partial charge in [0, 0.05) is 31.1 Å². The van der Waals surface area contributed by atoms with Crippen LogP contribution in [-0.2, 0) is 16.1 Å². The molecule has 0 aromatic heterocycles. The van der Waals surface area contributed by atoms with Crippen molar-refractivity contribution in [1.82, 2.24) is 5.32 Å². The average molecular weight is 420 g/mol. The highest BCUT2D eigenvalue weighted by molar-refractivity contribution is 6.01. The predicted molar refractivity (Wildman–Crippen MR) is 105 cm³/mol. The number of nitrogens with zero attached hydrogens (tertiary/aromatic N) is 1. The molecule has 1 N–H and O–H groups in total. The summed E-state index contributed by atoms with van der Waals surface area (Å²) in [7, 11) is 3.01. The number of para-hydroxylation sites is 1. The highest BCUT2D eigenvalue weighted by atomic mass is 19.3. The predicted octanol–water partition coefficient (Wildman–Crippen LogP) is 2.97. The summed E-state index contributed by atoms with van der Waals surface area (Å²) in [6.45, 7) is -2.78. The first kappa shape index (κ1) is 21.4. The Morgan fingerprint density at radius 1 is 1.17 bits per heavy atom. The van der Waals surface area contributed by atoms with Crippen molar-refractivity contribution < 1.29 is 32.6 Å². The smallest absolute Gasteiger partial charge is 0.387 e. The fraction of sp³-hybridized carbons (Fsp3) is 0.333. The molecule has 1 saturated heterocycles. The Hall–Kier alpha value is -3.36. The van der Waals surface area contributed by atoms with E-state index in [0.717, 1.165) is 0 Å². The fourth-order valence-electron chi connectivity index (χ4n) is 3.31. The molecule has 0 aliphatic carbocycles. The van der Waals surface area contributed by atoms with Crippen LogP contribution < -0.4 is 24.4 Å². The van der Waals surface area contributed by atoms with Gasteiger partial charge in [0.05, 0.1) is 25.8 Å². The minimum atomic E-state index is -2.96. The van der Waals surface area contributed by atoms with Gasteiger partial charge in [0.15, 0.2) is 0 Å². The van der Waals surface area contributed by atoms with Crippen LogP contribution in [0.2, 0.25) is 0 Å². The molecule has 160 valence electrons. The Morgan fingerprint density at radius 3 is 2.63 bits per heavy atom. The number of alkyl halides is 2. The van der Waals surface area contributed by atoms with E-state index in [1.807, 2.05) is 0 Å². The molecule has 0 bridgehead atoms. The first-order valence-electron chi connectivity index (χ1n) is 9.25. The van der Waals surface area contributed by atoms with Crippen LogP contribution in [0, 0.1) is 5.92 Å². The summed E-state index contributed by atoms with van der Waals surface area (Å²) >= 11 is 0. The second-order valence-corrected chi connectivity index (χ2v) is 6.65. The number of anilines is 1. The number of halogens is 2. The maximum absolute atomic E-state index is 12.6. The monoisotopic (exact) mass is 420 g/mol. The molecule has 1 atom stereocenters. The van der Waals surface area contributed by atoms with E-state index in [2.05, 4.69) is 10.1 Å². The van der Waals surface area contributed by atoms with E-state index in [4.69, 9.17) is 9.47 Å². The molecule has 3 rings (SSSR count). The van der Waals surface area contributed by atoms with Crippen molar-refractivity contribution in [3.63, 3.8) is 0 Å². The van der Waals surface area contributed by atoms with Crippen LogP contribution in [0.15, 0.2) is 42.5 Å². The van der Waals surface area contributed by atoms with Crippen LogP contribution in [0.1, 0.15) is 12.0 Å². The number of ether oxygens (including phenoxy) is 3. The van der Waals surface area contributed by atoms with Gasteiger partial charge in [-0.15, -0.1) is 0 Å². The number of hydrogen-bond acceptors (Lipinski definition) is 5. The second kappa shape index (κ2) is 9.43. The zero-order valence-electron chi connectivity index (χ0n) is 16.6. The summed E-state index contributed by atoms with van der Waals surface area (Å²) < 4.78 is 40.1. The van der Waals surface area contributed by atoms with Gasteiger partial charge in [-0.25, -0.2) is 0 Å². The summed E-state index contributed by atoms with van der Waals surface area (Å²) in [5.74, 6) is -0.109. The fourth-order valence-corrected chi connectivity index (χ4v) is 3.31. The summed E-state index contributed by atoms with van der Waals surface area (Å²) in [5, 5.41) is 2.70. The minimum absolute atomic E-state index is 0.00181. The highest BCUT2D eigenvalue weighted by Gasteiger charge is 2.36. The quantitative estimate of drug-likeness (QED) is 0.711. The Bertz CT molecular complexity index is 922. The normalized spacial score (nSPS) is 16.0. The van der Waals surface area contributed by atoms with Crippen molar-refractivity contribution in [3.05, 3.63) is 48.0 Å². The van der Waals surface area contributed by atoms with E-state index in [0.29, 0.717) is 22.7 Å². The van der Waals surface area contributed by atoms with Crippen molar-refractivity contribution in [2.24, 2.45) is 5.92 Å². The lowest BCUT2D eigenvalue weighted by Crippen LogP contribution is -2.32. The third-order valence-corrected chi connectivity index (χ3v) is 4.81. The molecule has 0 saturated carbocycles. The van der Waals surface area contributed by atoms with Crippen LogP contribution in [0.4, 0.5) is 14.5 Å². The van der Waals surface area contributed by atoms with Crippen LogP contribution in [0.25, 0.3) is 0 Å². The molecule has 2 aromatic carbocycles. The van der Waals surface area contributed by atoms with Crippen molar-refractivity contribution >= 4 is 17.5 Å². The molecular weight excluding hydrogens is 398 g/mol. The van der Waals surface area contributed by atoms with Crippen LogP contribution >= 0.6 is 0 Å². The standard InChI is InChI=1S/C21H22F2N2O5/c1-28-15-7-8-18(29-2)16(10-15)25-12-14(9-19(25)26)20(27)24-11-13-5-3-4-6-17(13)30-21(22)23/h3-8,10,14,21H,9,11-12H2,1-2H3,(H,24,27). The van der Waals surface area contributed by atoms with Gasteiger partial charge >= 0.3 is 6.61 Å². The molecule has 0 spiro atoms. The second-order valence-electron chi connectivity index (χ2n) is 6.65. The molecule has 1 aliphatic rings. The van der Waals surface area contributed by atoms with E-state index in [-0.39, 0.29) is 37.1 Å². The molecule has 2 aromatic rings.